The topological polar surface area (TPSA) is 51.2 Å². The molecule has 0 aliphatic carbocycles. The molecule has 0 spiro atoms. The SMILES string of the molecule is O=C(Oc1cccc(-c2ccc(Cl)c(C(F)(F)F)n2)c1)C1CNC1. The maximum Gasteiger partial charge on any atom is 0.434 e. The van der Waals surface area contributed by atoms with Crippen molar-refractivity contribution in [1.82, 2.24) is 10.3 Å². The van der Waals surface area contributed by atoms with Crippen molar-refractivity contribution in [1.29, 1.82) is 0 Å². The fourth-order valence-electron chi connectivity index (χ4n) is 2.18. The molecule has 0 saturated carbocycles. The molecule has 1 aliphatic heterocycles. The van der Waals surface area contributed by atoms with Gasteiger partial charge in [0.1, 0.15) is 5.75 Å². The van der Waals surface area contributed by atoms with Crippen LogP contribution in [-0.2, 0) is 11.0 Å². The van der Waals surface area contributed by atoms with Crippen LogP contribution in [0, 0.1) is 5.92 Å². The number of carbonyl (C=O) groups is 1. The lowest BCUT2D eigenvalue weighted by Gasteiger charge is -2.24. The van der Waals surface area contributed by atoms with E-state index >= 15 is 0 Å². The first-order valence-corrected chi connectivity index (χ1v) is 7.49. The zero-order valence-corrected chi connectivity index (χ0v) is 13.0. The number of nitrogens with zero attached hydrogens (tertiary/aromatic N) is 1. The largest absolute Gasteiger partial charge is 0.434 e. The molecule has 4 nitrogen and oxygen atoms in total. The summed E-state index contributed by atoms with van der Waals surface area (Å²) in [4.78, 5) is 15.4. The van der Waals surface area contributed by atoms with Crippen LogP contribution in [0.3, 0.4) is 0 Å². The minimum Gasteiger partial charge on any atom is -0.426 e. The number of carbonyl (C=O) groups excluding carboxylic acids is 1. The van der Waals surface area contributed by atoms with Gasteiger partial charge in [-0.1, -0.05) is 23.7 Å². The average Bonchev–Trinajstić information content (AvgIpc) is 2.44. The maximum atomic E-state index is 12.9. The summed E-state index contributed by atoms with van der Waals surface area (Å²) >= 11 is 5.57. The number of hydrogen-bond acceptors (Lipinski definition) is 4. The van der Waals surface area contributed by atoms with Crippen molar-refractivity contribution < 1.29 is 22.7 Å². The van der Waals surface area contributed by atoms with Gasteiger partial charge in [0.25, 0.3) is 0 Å². The molecule has 2 heterocycles. The Bertz CT molecular complexity index is 776. The molecule has 1 saturated heterocycles. The van der Waals surface area contributed by atoms with E-state index < -0.39 is 16.9 Å². The van der Waals surface area contributed by atoms with Crippen molar-refractivity contribution in [2.24, 2.45) is 5.92 Å². The van der Waals surface area contributed by atoms with Gasteiger partial charge in [0.2, 0.25) is 0 Å². The van der Waals surface area contributed by atoms with E-state index in [0.29, 0.717) is 18.7 Å². The summed E-state index contributed by atoms with van der Waals surface area (Å²) in [5, 5.41) is 2.49. The van der Waals surface area contributed by atoms with Gasteiger partial charge in [-0.25, -0.2) is 4.98 Å². The Morgan fingerprint density at radius 2 is 2.00 bits per heavy atom. The lowest BCUT2D eigenvalue weighted by atomic mass is 10.0. The minimum absolute atomic E-state index is 0.0925. The van der Waals surface area contributed by atoms with Crippen molar-refractivity contribution in [2.45, 2.75) is 6.18 Å². The highest BCUT2D eigenvalue weighted by molar-refractivity contribution is 6.31. The van der Waals surface area contributed by atoms with Crippen LogP contribution in [0.1, 0.15) is 5.69 Å². The molecule has 3 rings (SSSR count). The monoisotopic (exact) mass is 356 g/mol. The number of esters is 1. The van der Waals surface area contributed by atoms with Gasteiger partial charge in [0, 0.05) is 18.7 Å². The minimum atomic E-state index is -4.64. The van der Waals surface area contributed by atoms with Gasteiger partial charge in [0.15, 0.2) is 5.69 Å². The zero-order chi connectivity index (χ0) is 17.3. The molecule has 1 aromatic carbocycles. The number of nitrogens with one attached hydrogen (secondary N) is 1. The fourth-order valence-corrected chi connectivity index (χ4v) is 2.39. The molecule has 0 atom stereocenters. The number of halogens is 4. The van der Waals surface area contributed by atoms with Crippen LogP contribution in [0.4, 0.5) is 13.2 Å². The number of aromatic nitrogens is 1. The molecule has 126 valence electrons. The molecule has 0 amide bonds. The van der Waals surface area contributed by atoms with Crippen LogP contribution in [-0.4, -0.2) is 24.0 Å². The predicted octanol–water partition coefficient (Wildman–Crippen LogP) is 3.55. The smallest absolute Gasteiger partial charge is 0.426 e. The molecule has 1 fully saturated rings. The standard InChI is InChI=1S/C16H12ClF3N2O2/c17-12-4-5-13(22-14(12)16(18,19)20)9-2-1-3-11(6-9)24-15(23)10-7-21-8-10/h1-6,10,21H,7-8H2. The number of rotatable bonds is 3. The quantitative estimate of drug-likeness (QED) is 0.675. The molecule has 24 heavy (non-hydrogen) atoms. The molecule has 8 heteroatoms. The fraction of sp³-hybridized carbons (Fsp3) is 0.250. The van der Waals surface area contributed by atoms with Gasteiger partial charge in [-0.3, -0.25) is 4.79 Å². The van der Waals surface area contributed by atoms with Crippen LogP contribution in [0.2, 0.25) is 5.02 Å². The number of benzene rings is 1. The first kappa shape index (κ1) is 16.7. The molecule has 1 aliphatic rings. The van der Waals surface area contributed by atoms with E-state index in [2.05, 4.69) is 10.3 Å². The molecule has 2 aromatic rings. The Morgan fingerprint density at radius 3 is 2.62 bits per heavy atom. The van der Waals surface area contributed by atoms with Crippen LogP contribution in [0.15, 0.2) is 36.4 Å². The van der Waals surface area contributed by atoms with E-state index in [4.69, 9.17) is 16.3 Å². The summed E-state index contributed by atoms with van der Waals surface area (Å²) in [5.41, 5.74) is -0.659. The Kier molecular flexibility index (Phi) is 4.47. The van der Waals surface area contributed by atoms with E-state index in [9.17, 15) is 18.0 Å². The molecule has 1 N–H and O–H groups in total. The highest BCUT2D eigenvalue weighted by Crippen LogP contribution is 2.35. The predicted molar refractivity (Wildman–Crippen MR) is 81.7 cm³/mol. The first-order valence-electron chi connectivity index (χ1n) is 7.11. The van der Waals surface area contributed by atoms with Crippen molar-refractivity contribution in [3.8, 4) is 17.0 Å². The average molecular weight is 357 g/mol. The second-order valence-corrected chi connectivity index (χ2v) is 5.74. The van der Waals surface area contributed by atoms with Gasteiger partial charge < -0.3 is 10.1 Å². The van der Waals surface area contributed by atoms with E-state index in [0.717, 1.165) is 6.07 Å². The summed E-state index contributed by atoms with van der Waals surface area (Å²) in [5.74, 6) is -0.306. The Balaban J connectivity index is 1.87. The highest BCUT2D eigenvalue weighted by Gasteiger charge is 2.35. The van der Waals surface area contributed by atoms with Crippen molar-refractivity contribution in [3.05, 3.63) is 47.1 Å². The molecule has 1 aromatic heterocycles. The van der Waals surface area contributed by atoms with Crippen molar-refractivity contribution in [2.75, 3.05) is 13.1 Å². The van der Waals surface area contributed by atoms with Crippen molar-refractivity contribution >= 4 is 17.6 Å². The number of alkyl halides is 3. The number of hydrogen-bond donors (Lipinski definition) is 1. The van der Waals surface area contributed by atoms with Gasteiger partial charge in [-0.15, -0.1) is 0 Å². The number of pyridine rings is 1. The first-order chi connectivity index (χ1) is 11.3. The summed E-state index contributed by atoms with van der Waals surface area (Å²) in [6.07, 6.45) is -4.64. The third kappa shape index (κ3) is 3.52. The summed E-state index contributed by atoms with van der Waals surface area (Å²) in [6, 6.07) is 8.73. The van der Waals surface area contributed by atoms with Crippen LogP contribution < -0.4 is 10.1 Å². The maximum absolute atomic E-state index is 12.9. The second-order valence-electron chi connectivity index (χ2n) is 5.33. The summed E-state index contributed by atoms with van der Waals surface area (Å²) in [6.45, 7) is 1.12. The van der Waals surface area contributed by atoms with Crippen LogP contribution >= 0.6 is 11.6 Å². The van der Waals surface area contributed by atoms with Crippen LogP contribution in [0.25, 0.3) is 11.3 Å². The second kappa shape index (κ2) is 6.41. The molecular weight excluding hydrogens is 345 g/mol. The van der Waals surface area contributed by atoms with E-state index in [1.807, 2.05) is 0 Å². The third-order valence-electron chi connectivity index (χ3n) is 3.58. The molecular formula is C16H12ClF3N2O2. The van der Waals surface area contributed by atoms with E-state index in [-0.39, 0.29) is 23.3 Å². The van der Waals surface area contributed by atoms with Gasteiger partial charge in [-0.2, -0.15) is 13.2 Å². The Hall–Kier alpha value is -2.12. The Labute approximate surface area is 140 Å². The Morgan fingerprint density at radius 1 is 1.25 bits per heavy atom. The highest BCUT2D eigenvalue weighted by atomic mass is 35.5. The molecule has 0 unspecified atom stereocenters. The van der Waals surface area contributed by atoms with Crippen molar-refractivity contribution in [3.63, 3.8) is 0 Å². The summed E-state index contributed by atoms with van der Waals surface area (Å²) in [7, 11) is 0. The normalized spacial score (nSPS) is 15.0. The third-order valence-corrected chi connectivity index (χ3v) is 3.88. The van der Waals surface area contributed by atoms with E-state index in [1.165, 1.54) is 12.1 Å². The van der Waals surface area contributed by atoms with Gasteiger partial charge in [0.05, 0.1) is 16.6 Å². The number of ether oxygens (including phenoxy) is 1. The van der Waals surface area contributed by atoms with Gasteiger partial charge in [-0.05, 0) is 24.3 Å². The molecule has 0 bridgehead atoms. The van der Waals surface area contributed by atoms with Gasteiger partial charge >= 0.3 is 12.1 Å². The lowest BCUT2D eigenvalue weighted by Crippen LogP contribution is -2.48. The summed E-state index contributed by atoms with van der Waals surface area (Å²) < 4.78 is 44.0. The van der Waals surface area contributed by atoms with Crippen LogP contribution in [0.5, 0.6) is 5.75 Å². The van der Waals surface area contributed by atoms with E-state index in [1.54, 1.807) is 18.2 Å². The lowest BCUT2D eigenvalue weighted by molar-refractivity contribution is -0.141. The molecule has 0 radical (unpaired) electrons. The zero-order valence-electron chi connectivity index (χ0n) is 12.2.